The van der Waals surface area contributed by atoms with Gasteiger partial charge >= 0.3 is 0 Å². The van der Waals surface area contributed by atoms with Gasteiger partial charge in [0.1, 0.15) is 5.82 Å². The molecular formula is C15H18N4O. The molecule has 1 aromatic heterocycles. The quantitative estimate of drug-likeness (QED) is 0.900. The Kier molecular flexibility index (Phi) is 3.06. The number of rotatable bonds is 2. The minimum Gasteiger partial charge on any atom is -0.326 e. The van der Waals surface area contributed by atoms with E-state index in [1.54, 1.807) is 4.90 Å². The van der Waals surface area contributed by atoms with E-state index in [-0.39, 0.29) is 11.9 Å². The third-order valence-electron chi connectivity index (χ3n) is 3.52. The fraction of sp³-hybridized carbons (Fsp3) is 0.333. The first-order valence-electron chi connectivity index (χ1n) is 6.74. The van der Waals surface area contributed by atoms with E-state index in [0.717, 1.165) is 17.2 Å². The van der Waals surface area contributed by atoms with Crippen molar-refractivity contribution in [3.63, 3.8) is 0 Å². The molecule has 1 aliphatic heterocycles. The Morgan fingerprint density at radius 2 is 1.95 bits per heavy atom. The zero-order valence-electron chi connectivity index (χ0n) is 11.7. The predicted octanol–water partition coefficient (Wildman–Crippen LogP) is 1.55. The summed E-state index contributed by atoms with van der Waals surface area (Å²) in [6, 6.07) is 9.92. The van der Waals surface area contributed by atoms with Gasteiger partial charge in [0.25, 0.3) is 0 Å². The van der Waals surface area contributed by atoms with Gasteiger partial charge in [0.05, 0.1) is 11.4 Å². The summed E-state index contributed by atoms with van der Waals surface area (Å²) in [5.41, 5.74) is 8.90. The molecule has 0 aliphatic carbocycles. The van der Waals surface area contributed by atoms with Gasteiger partial charge in [-0.25, -0.2) is 4.68 Å². The number of anilines is 1. The molecule has 1 aromatic carbocycles. The molecule has 2 N–H and O–H groups in total. The molecule has 5 heteroatoms. The number of amides is 1. The van der Waals surface area contributed by atoms with Gasteiger partial charge in [-0.05, 0) is 26.0 Å². The molecule has 1 fully saturated rings. The molecule has 0 bridgehead atoms. The Hall–Kier alpha value is -2.14. The molecular weight excluding hydrogens is 252 g/mol. The van der Waals surface area contributed by atoms with Crippen molar-refractivity contribution in [1.29, 1.82) is 0 Å². The molecule has 2 heterocycles. The third-order valence-corrected chi connectivity index (χ3v) is 3.52. The van der Waals surface area contributed by atoms with E-state index < -0.39 is 0 Å². The number of nitrogens with two attached hydrogens (primary N) is 1. The molecule has 0 saturated carbocycles. The van der Waals surface area contributed by atoms with Crippen molar-refractivity contribution in [1.82, 2.24) is 9.78 Å². The lowest BCUT2D eigenvalue weighted by Crippen LogP contribution is -2.29. The number of hydrogen-bond acceptors (Lipinski definition) is 3. The van der Waals surface area contributed by atoms with E-state index in [1.165, 1.54) is 5.56 Å². The average molecular weight is 270 g/mol. The van der Waals surface area contributed by atoms with Crippen molar-refractivity contribution >= 4 is 11.7 Å². The summed E-state index contributed by atoms with van der Waals surface area (Å²) < 4.78 is 1.81. The fourth-order valence-electron chi connectivity index (χ4n) is 2.51. The molecule has 20 heavy (non-hydrogen) atoms. The topological polar surface area (TPSA) is 64.2 Å². The van der Waals surface area contributed by atoms with Crippen LogP contribution in [0.3, 0.4) is 0 Å². The first kappa shape index (κ1) is 12.9. The number of carbonyl (C=O) groups excluding carboxylic acids is 1. The third kappa shape index (κ3) is 2.20. The monoisotopic (exact) mass is 270 g/mol. The number of aryl methyl sites for hydroxylation is 2. The van der Waals surface area contributed by atoms with E-state index in [9.17, 15) is 4.79 Å². The lowest BCUT2D eigenvalue weighted by molar-refractivity contribution is -0.117. The van der Waals surface area contributed by atoms with Gasteiger partial charge in [0.15, 0.2) is 0 Å². The van der Waals surface area contributed by atoms with E-state index in [0.29, 0.717) is 13.0 Å². The molecule has 1 amide bonds. The molecule has 3 rings (SSSR count). The summed E-state index contributed by atoms with van der Waals surface area (Å²) in [6.45, 7) is 4.52. The van der Waals surface area contributed by atoms with Gasteiger partial charge in [-0.2, -0.15) is 5.10 Å². The summed E-state index contributed by atoms with van der Waals surface area (Å²) in [4.78, 5) is 13.8. The van der Waals surface area contributed by atoms with Crippen LogP contribution in [0.25, 0.3) is 5.69 Å². The number of carbonyl (C=O) groups is 1. The van der Waals surface area contributed by atoms with Crippen LogP contribution < -0.4 is 10.6 Å². The van der Waals surface area contributed by atoms with E-state index in [1.807, 2.05) is 48.9 Å². The SMILES string of the molecule is Cc1ccc(-n2nc(C)cc2N2CC(N)CC2=O)cc1. The molecule has 1 atom stereocenters. The van der Waals surface area contributed by atoms with Crippen LogP contribution in [0.4, 0.5) is 5.82 Å². The van der Waals surface area contributed by atoms with Gasteiger partial charge in [0.2, 0.25) is 5.91 Å². The average Bonchev–Trinajstić information content (AvgIpc) is 2.93. The first-order valence-corrected chi connectivity index (χ1v) is 6.74. The van der Waals surface area contributed by atoms with E-state index in [4.69, 9.17) is 5.73 Å². The lowest BCUT2D eigenvalue weighted by Gasteiger charge is -2.17. The number of nitrogens with zero attached hydrogens (tertiary/aromatic N) is 3. The molecule has 1 saturated heterocycles. The Morgan fingerprint density at radius 3 is 2.55 bits per heavy atom. The van der Waals surface area contributed by atoms with Crippen LogP contribution in [-0.4, -0.2) is 28.3 Å². The minimum absolute atomic E-state index is 0.0609. The predicted molar refractivity (Wildman–Crippen MR) is 78.0 cm³/mol. The van der Waals surface area contributed by atoms with Crippen LogP contribution in [-0.2, 0) is 4.79 Å². The van der Waals surface area contributed by atoms with Gasteiger partial charge in [-0.1, -0.05) is 17.7 Å². The van der Waals surface area contributed by atoms with Crippen LogP contribution in [0.5, 0.6) is 0 Å². The Bertz CT molecular complexity index is 644. The lowest BCUT2D eigenvalue weighted by atomic mass is 10.2. The molecule has 0 spiro atoms. The first-order chi connectivity index (χ1) is 9.54. The molecule has 1 aliphatic rings. The zero-order valence-corrected chi connectivity index (χ0v) is 11.7. The highest BCUT2D eigenvalue weighted by Crippen LogP contribution is 2.25. The summed E-state index contributed by atoms with van der Waals surface area (Å²) in [5.74, 6) is 0.857. The highest BCUT2D eigenvalue weighted by Gasteiger charge is 2.30. The van der Waals surface area contributed by atoms with Gasteiger partial charge < -0.3 is 5.73 Å². The second kappa shape index (κ2) is 4.76. The fourth-order valence-corrected chi connectivity index (χ4v) is 2.51. The highest BCUT2D eigenvalue weighted by atomic mass is 16.2. The minimum atomic E-state index is -0.0934. The number of aromatic nitrogens is 2. The normalized spacial score (nSPS) is 18.9. The zero-order chi connectivity index (χ0) is 14.3. The Balaban J connectivity index is 2.04. The number of benzene rings is 1. The van der Waals surface area contributed by atoms with Crippen LogP contribution >= 0.6 is 0 Å². The van der Waals surface area contributed by atoms with Gasteiger partial charge in [-0.15, -0.1) is 0 Å². The standard InChI is InChI=1S/C15H18N4O/c1-10-3-5-13(6-4-10)19-14(7-11(2)17-19)18-9-12(16)8-15(18)20/h3-7,12H,8-9,16H2,1-2H3. The Labute approximate surface area is 118 Å². The van der Waals surface area contributed by atoms with Crippen molar-refractivity contribution in [2.24, 2.45) is 5.73 Å². The largest absolute Gasteiger partial charge is 0.326 e. The van der Waals surface area contributed by atoms with Crippen molar-refractivity contribution in [2.75, 3.05) is 11.4 Å². The van der Waals surface area contributed by atoms with E-state index >= 15 is 0 Å². The number of hydrogen-bond donors (Lipinski definition) is 1. The van der Waals surface area contributed by atoms with Gasteiger partial charge in [-0.3, -0.25) is 9.69 Å². The molecule has 5 nitrogen and oxygen atoms in total. The summed E-state index contributed by atoms with van der Waals surface area (Å²) in [5, 5.41) is 4.50. The molecule has 2 aromatic rings. The highest BCUT2D eigenvalue weighted by molar-refractivity contribution is 5.95. The summed E-state index contributed by atoms with van der Waals surface area (Å²) in [7, 11) is 0. The van der Waals surface area contributed by atoms with Crippen LogP contribution in [0.2, 0.25) is 0 Å². The van der Waals surface area contributed by atoms with Crippen LogP contribution in [0.1, 0.15) is 17.7 Å². The maximum Gasteiger partial charge on any atom is 0.229 e. The Morgan fingerprint density at radius 1 is 1.25 bits per heavy atom. The maximum atomic E-state index is 12.0. The second-order valence-corrected chi connectivity index (χ2v) is 5.36. The van der Waals surface area contributed by atoms with E-state index in [2.05, 4.69) is 5.10 Å². The maximum absolute atomic E-state index is 12.0. The molecule has 0 radical (unpaired) electrons. The van der Waals surface area contributed by atoms with Crippen molar-refractivity contribution in [3.05, 3.63) is 41.6 Å². The van der Waals surface area contributed by atoms with Crippen LogP contribution in [0.15, 0.2) is 30.3 Å². The molecule has 1 unspecified atom stereocenters. The smallest absolute Gasteiger partial charge is 0.229 e. The summed E-state index contributed by atoms with van der Waals surface area (Å²) in [6.07, 6.45) is 0.401. The van der Waals surface area contributed by atoms with Crippen LogP contribution in [0, 0.1) is 13.8 Å². The van der Waals surface area contributed by atoms with Crippen molar-refractivity contribution in [2.45, 2.75) is 26.3 Å². The van der Waals surface area contributed by atoms with Crippen molar-refractivity contribution in [3.8, 4) is 5.69 Å². The summed E-state index contributed by atoms with van der Waals surface area (Å²) >= 11 is 0. The van der Waals surface area contributed by atoms with Gasteiger partial charge in [0, 0.05) is 25.1 Å². The second-order valence-electron chi connectivity index (χ2n) is 5.36. The molecule has 104 valence electrons. The van der Waals surface area contributed by atoms with Crippen molar-refractivity contribution < 1.29 is 4.79 Å².